The Balaban J connectivity index is 1.81. The monoisotopic (exact) mass is 300 g/mol. The highest BCUT2D eigenvalue weighted by Gasteiger charge is 2.21. The van der Waals surface area contributed by atoms with Gasteiger partial charge in [-0.2, -0.15) is 0 Å². The third kappa shape index (κ3) is 3.12. The zero-order valence-electron chi connectivity index (χ0n) is 12.9. The average molecular weight is 300 g/mol. The Morgan fingerprint density at radius 2 is 2.18 bits per heavy atom. The van der Waals surface area contributed by atoms with Gasteiger partial charge in [0.05, 0.1) is 18.7 Å². The number of hydrogen-bond acceptors (Lipinski definition) is 5. The van der Waals surface area contributed by atoms with Crippen LogP contribution in [0.3, 0.4) is 0 Å². The number of anilines is 1. The van der Waals surface area contributed by atoms with Gasteiger partial charge in [-0.05, 0) is 26.2 Å². The van der Waals surface area contributed by atoms with Crippen LogP contribution in [-0.4, -0.2) is 43.1 Å². The fraction of sp³-hybridized carbons (Fsp3) is 0.375. The number of benzene rings is 1. The van der Waals surface area contributed by atoms with Gasteiger partial charge >= 0.3 is 0 Å². The van der Waals surface area contributed by atoms with E-state index in [9.17, 15) is 4.79 Å². The van der Waals surface area contributed by atoms with Crippen LogP contribution < -0.4 is 10.2 Å². The minimum atomic E-state index is -0.0217. The van der Waals surface area contributed by atoms with Crippen LogP contribution in [0.1, 0.15) is 21.8 Å². The summed E-state index contributed by atoms with van der Waals surface area (Å²) in [7, 11) is 3.98. The van der Waals surface area contributed by atoms with Crippen molar-refractivity contribution in [3.63, 3.8) is 0 Å². The van der Waals surface area contributed by atoms with Crippen molar-refractivity contribution in [1.29, 1.82) is 0 Å². The molecular weight excluding hydrogens is 280 g/mol. The van der Waals surface area contributed by atoms with E-state index in [1.165, 1.54) is 0 Å². The molecule has 22 heavy (non-hydrogen) atoms. The van der Waals surface area contributed by atoms with E-state index in [1.807, 2.05) is 49.3 Å². The third-order valence-corrected chi connectivity index (χ3v) is 3.59. The molecule has 0 bridgehead atoms. The molecule has 3 rings (SSSR count). The Kier molecular flexibility index (Phi) is 4.11. The molecule has 0 saturated carbocycles. The van der Waals surface area contributed by atoms with Crippen LogP contribution in [0.5, 0.6) is 0 Å². The summed E-state index contributed by atoms with van der Waals surface area (Å²) in [6.45, 7) is 2.72. The first kappa shape index (κ1) is 14.6. The fourth-order valence-corrected chi connectivity index (χ4v) is 2.64. The smallest absolute Gasteiger partial charge is 0.253 e. The molecule has 1 aromatic heterocycles. The number of hydrogen-bond donors (Lipinski definition) is 1. The highest BCUT2D eigenvalue weighted by Crippen LogP contribution is 2.23. The van der Waals surface area contributed by atoms with Crippen LogP contribution >= 0.6 is 0 Å². The van der Waals surface area contributed by atoms with Gasteiger partial charge in [0, 0.05) is 24.8 Å². The van der Waals surface area contributed by atoms with E-state index in [4.69, 9.17) is 4.52 Å². The van der Waals surface area contributed by atoms with Crippen molar-refractivity contribution in [3.8, 4) is 0 Å². The number of amides is 1. The standard InChI is InChI=1S/C16H20N4O2/c1-19(2)11-13-9-12(18-22-13)10-20-8-7-17-16(21)14-5-3-4-6-15(14)20/h3-6,9H,7-8,10-11H2,1-2H3,(H,17,21). The van der Waals surface area contributed by atoms with Crippen molar-refractivity contribution in [2.24, 2.45) is 0 Å². The first-order valence-electron chi connectivity index (χ1n) is 7.35. The maximum absolute atomic E-state index is 12.1. The molecule has 0 radical (unpaired) electrons. The molecule has 116 valence electrons. The lowest BCUT2D eigenvalue weighted by atomic mass is 10.1. The van der Waals surface area contributed by atoms with E-state index >= 15 is 0 Å². The number of aromatic nitrogens is 1. The Bertz CT molecular complexity index is 666. The number of carbonyl (C=O) groups excluding carboxylic acids is 1. The van der Waals surface area contributed by atoms with Gasteiger partial charge in [0.15, 0.2) is 5.76 Å². The summed E-state index contributed by atoms with van der Waals surface area (Å²) in [5.74, 6) is 0.823. The van der Waals surface area contributed by atoms with Gasteiger partial charge in [-0.15, -0.1) is 0 Å². The van der Waals surface area contributed by atoms with Crippen LogP contribution in [0, 0.1) is 0 Å². The van der Waals surface area contributed by atoms with E-state index in [0.717, 1.165) is 30.2 Å². The molecule has 2 aromatic rings. The number of fused-ring (bicyclic) bond motifs is 1. The highest BCUT2D eigenvalue weighted by molar-refractivity contribution is 6.00. The summed E-state index contributed by atoms with van der Waals surface area (Å²) >= 11 is 0. The van der Waals surface area contributed by atoms with Gasteiger partial charge in [0.25, 0.3) is 5.91 Å². The van der Waals surface area contributed by atoms with Crippen LogP contribution in [0.4, 0.5) is 5.69 Å². The predicted molar refractivity (Wildman–Crippen MR) is 83.7 cm³/mol. The molecule has 0 unspecified atom stereocenters. The molecule has 1 aromatic carbocycles. The number of para-hydroxylation sites is 1. The second-order valence-electron chi connectivity index (χ2n) is 5.72. The second kappa shape index (κ2) is 6.19. The fourth-order valence-electron chi connectivity index (χ4n) is 2.64. The summed E-state index contributed by atoms with van der Waals surface area (Å²) in [6, 6.07) is 9.63. The van der Waals surface area contributed by atoms with E-state index < -0.39 is 0 Å². The molecule has 6 nitrogen and oxygen atoms in total. The normalized spacial score (nSPS) is 14.7. The molecule has 2 heterocycles. The molecule has 6 heteroatoms. The minimum absolute atomic E-state index is 0.0217. The molecule has 0 saturated heterocycles. The lowest BCUT2D eigenvalue weighted by Crippen LogP contribution is -2.29. The van der Waals surface area contributed by atoms with Crippen molar-refractivity contribution >= 4 is 11.6 Å². The largest absolute Gasteiger partial charge is 0.363 e. The Labute approximate surface area is 129 Å². The van der Waals surface area contributed by atoms with Gasteiger partial charge in [-0.1, -0.05) is 17.3 Å². The number of nitrogens with one attached hydrogen (secondary N) is 1. The SMILES string of the molecule is CN(C)Cc1cc(CN2CCNC(=O)c3ccccc32)no1. The number of nitrogens with zero attached hydrogens (tertiary/aromatic N) is 3. The molecule has 0 spiro atoms. The summed E-state index contributed by atoms with van der Waals surface area (Å²) in [5.41, 5.74) is 2.52. The van der Waals surface area contributed by atoms with E-state index in [2.05, 4.69) is 15.4 Å². The molecule has 1 aliphatic rings. The first-order valence-corrected chi connectivity index (χ1v) is 7.35. The van der Waals surface area contributed by atoms with Crippen molar-refractivity contribution < 1.29 is 9.32 Å². The molecular formula is C16H20N4O2. The zero-order valence-corrected chi connectivity index (χ0v) is 12.9. The Morgan fingerprint density at radius 3 is 3.00 bits per heavy atom. The summed E-state index contributed by atoms with van der Waals surface area (Å²) in [6.07, 6.45) is 0. The van der Waals surface area contributed by atoms with E-state index in [0.29, 0.717) is 18.7 Å². The molecule has 1 aliphatic heterocycles. The van der Waals surface area contributed by atoms with Gasteiger partial charge in [0.1, 0.15) is 5.69 Å². The Hall–Kier alpha value is -2.34. The highest BCUT2D eigenvalue weighted by atomic mass is 16.5. The molecule has 0 atom stereocenters. The molecule has 0 fully saturated rings. The second-order valence-corrected chi connectivity index (χ2v) is 5.72. The first-order chi connectivity index (χ1) is 10.6. The molecule has 0 aliphatic carbocycles. The summed E-state index contributed by atoms with van der Waals surface area (Å²) < 4.78 is 5.36. The Morgan fingerprint density at radius 1 is 1.36 bits per heavy atom. The van der Waals surface area contributed by atoms with Gasteiger partial charge in [-0.25, -0.2) is 0 Å². The molecule has 1 amide bonds. The van der Waals surface area contributed by atoms with Crippen molar-refractivity contribution in [2.45, 2.75) is 13.1 Å². The maximum atomic E-state index is 12.1. The van der Waals surface area contributed by atoms with E-state index in [-0.39, 0.29) is 5.91 Å². The van der Waals surface area contributed by atoms with Crippen molar-refractivity contribution in [1.82, 2.24) is 15.4 Å². The number of rotatable bonds is 4. The molecule has 1 N–H and O–H groups in total. The van der Waals surface area contributed by atoms with Crippen molar-refractivity contribution in [3.05, 3.63) is 47.3 Å². The minimum Gasteiger partial charge on any atom is -0.363 e. The maximum Gasteiger partial charge on any atom is 0.253 e. The van der Waals surface area contributed by atoms with Crippen LogP contribution in [0.15, 0.2) is 34.9 Å². The quantitative estimate of drug-likeness (QED) is 0.927. The van der Waals surface area contributed by atoms with Crippen LogP contribution in [0.25, 0.3) is 0 Å². The van der Waals surface area contributed by atoms with Crippen LogP contribution in [-0.2, 0) is 13.1 Å². The van der Waals surface area contributed by atoms with Gasteiger partial charge in [0.2, 0.25) is 0 Å². The van der Waals surface area contributed by atoms with Gasteiger partial charge in [-0.3, -0.25) is 4.79 Å². The topological polar surface area (TPSA) is 61.6 Å². The van der Waals surface area contributed by atoms with Crippen molar-refractivity contribution in [2.75, 3.05) is 32.1 Å². The average Bonchev–Trinajstić information content (AvgIpc) is 2.85. The zero-order chi connectivity index (χ0) is 15.5. The summed E-state index contributed by atoms with van der Waals surface area (Å²) in [4.78, 5) is 16.2. The van der Waals surface area contributed by atoms with Gasteiger partial charge < -0.3 is 19.6 Å². The van der Waals surface area contributed by atoms with Crippen LogP contribution in [0.2, 0.25) is 0 Å². The summed E-state index contributed by atoms with van der Waals surface area (Å²) in [5, 5.41) is 7.05. The third-order valence-electron chi connectivity index (χ3n) is 3.59. The lowest BCUT2D eigenvalue weighted by Gasteiger charge is -2.22. The predicted octanol–water partition coefficient (Wildman–Crippen LogP) is 1.49. The lowest BCUT2D eigenvalue weighted by molar-refractivity contribution is 0.0958. The number of carbonyl (C=O) groups is 1. The van der Waals surface area contributed by atoms with E-state index in [1.54, 1.807) is 0 Å².